The molecule has 27 heavy (non-hydrogen) atoms. The zero-order valence-corrected chi connectivity index (χ0v) is 16.2. The van der Waals surface area contributed by atoms with E-state index in [1.165, 1.54) is 37.8 Å². The SMILES string of the molecule is Cc1cc(C=C(C#N)C(=O)NCc2ccccc2)c(C)n1C1CCCCC1. The van der Waals surface area contributed by atoms with E-state index in [0.717, 1.165) is 16.8 Å². The van der Waals surface area contributed by atoms with E-state index in [1.54, 1.807) is 6.08 Å². The molecule has 4 heteroatoms. The van der Waals surface area contributed by atoms with Gasteiger partial charge in [0.25, 0.3) is 5.91 Å². The number of aryl methyl sites for hydroxylation is 1. The molecule has 0 unspecified atom stereocenters. The lowest BCUT2D eigenvalue weighted by Gasteiger charge is -2.26. The molecule has 1 aliphatic carbocycles. The van der Waals surface area contributed by atoms with Gasteiger partial charge in [-0.2, -0.15) is 5.26 Å². The topological polar surface area (TPSA) is 57.8 Å². The summed E-state index contributed by atoms with van der Waals surface area (Å²) in [4.78, 5) is 12.4. The minimum Gasteiger partial charge on any atom is -0.347 e. The molecule has 3 rings (SSSR count). The van der Waals surface area contributed by atoms with Crippen LogP contribution in [0.25, 0.3) is 6.08 Å². The second-order valence-electron chi connectivity index (χ2n) is 7.33. The summed E-state index contributed by atoms with van der Waals surface area (Å²) in [6.45, 7) is 4.62. The Hall–Kier alpha value is -2.80. The maximum Gasteiger partial charge on any atom is 0.262 e. The van der Waals surface area contributed by atoms with Crippen LogP contribution in [0.3, 0.4) is 0 Å². The first kappa shape index (κ1) is 19.0. The summed E-state index contributed by atoms with van der Waals surface area (Å²) >= 11 is 0. The van der Waals surface area contributed by atoms with Crippen molar-refractivity contribution in [1.82, 2.24) is 9.88 Å². The number of amides is 1. The lowest BCUT2D eigenvalue weighted by Crippen LogP contribution is -2.23. The summed E-state index contributed by atoms with van der Waals surface area (Å²) in [5.74, 6) is -0.330. The number of hydrogen-bond donors (Lipinski definition) is 1. The molecular formula is C23H27N3O. The van der Waals surface area contributed by atoms with E-state index in [-0.39, 0.29) is 11.5 Å². The predicted octanol–water partition coefficient (Wildman–Crippen LogP) is 4.83. The first-order valence-corrected chi connectivity index (χ1v) is 9.72. The molecular weight excluding hydrogens is 334 g/mol. The molecule has 0 atom stereocenters. The van der Waals surface area contributed by atoms with E-state index in [1.807, 2.05) is 30.3 Å². The highest BCUT2D eigenvalue weighted by Crippen LogP contribution is 2.32. The number of nitriles is 1. The Bertz CT molecular complexity index is 865. The van der Waals surface area contributed by atoms with Gasteiger partial charge in [-0.25, -0.2) is 0 Å². The molecule has 1 amide bonds. The fourth-order valence-corrected chi connectivity index (χ4v) is 4.03. The number of aromatic nitrogens is 1. The zero-order valence-electron chi connectivity index (χ0n) is 16.2. The third-order valence-corrected chi connectivity index (χ3v) is 5.42. The van der Waals surface area contributed by atoms with E-state index in [0.29, 0.717) is 12.6 Å². The van der Waals surface area contributed by atoms with Gasteiger partial charge in [0.15, 0.2) is 0 Å². The number of benzene rings is 1. The van der Waals surface area contributed by atoms with Crippen molar-refractivity contribution in [2.45, 2.75) is 58.5 Å². The monoisotopic (exact) mass is 361 g/mol. The average Bonchev–Trinajstić information content (AvgIpc) is 2.98. The molecule has 1 aliphatic rings. The maximum atomic E-state index is 12.4. The molecule has 1 N–H and O–H groups in total. The van der Waals surface area contributed by atoms with Crippen LogP contribution in [-0.4, -0.2) is 10.5 Å². The second kappa shape index (κ2) is 8.73. The third-order valence-electron chi connectivity index (χ3n) is 5.42. The largest absolute Gasteiger partial charge is 0.347 e. The van der Waals surface area contributed by atoms with Crippen molar-refractivity contribution < 1.29 is 4.79 Å². The Balaban J connectivity index is 1.77. The highest BCUT2D eigenvalue weighted by molar-refractivity contribution is 6.01. The zero-order chi connectivity index (χ0) is 19.2. The molecule has 0 saturated heterocycles. The van der Waals surface area contributed by atoms with E-state index in [2.05, 4.69) is 35.9 Å². The van der Waals surface area contributed by atoms with Gasteiger partial charge in [0.1, 0.15) is 11.6 Å². The van der Waals surface area contributed by atoms with E-state index < -0.39 is 0 Å². The highest BCUT2D eigenvalue weighted by atomic mass is 16.1. The van der Waals surface area contributed by atoms with Gasteiger partial charge in [-0.05, 0) is 50.0 Å². The van der Waals surface area contributed by atoms with Gasteiger partial charge < -0.3 is 9.88 Å². The molecule has 140 valence electrons. The molecule has 1 aromatic carbocycles. The summed E-state index contributed by atoms with van der Waals surface area (Å²) in [5, 5.41) is 12.3. The average molecular weight is 361 g/mol. The van der Waals surface area contributed by atoms with Gasteiger partial charge in [0, 0.05) is 24.0 Å². The van der Waals surface area contributed by atoms with Crippen LogP contribution < -0.4 is 5.32 Å². The molecule has 2 aromatic rings. The van der Waals surface area contributed by atoms with Crippen molar-refractivity contribution in [2.75, 3.05) is 0 Å². The standard InChI is InChI=1S/C23H27N3O/c1-17-13-20(18(2)26(17)22-11-7-4-8-12-22)14-21(15-24)23(27)25-16-19-9-5-3-6-10-19/h3,5-6,9-10,13-14,22H,4,7-8,11-12,16H2,1-2H3,(H,25,27). The number of nitrogens with zero attached hydrogens (tertiary/aromatic N) is 2. The van der Waals surface area contributed by atoms with Crippen molar-refractivity contribution in [3.8, 4) is 6.07 Å². The summed E-state index contributed by atoms with van der Waals surface area (Å²) in [6.07, 6.45) is 8.02. The number of nitrogens with one attached hydrogen (secondary N) is 1. The van der Waals surface area contributed by atoms with Crippen LogP contribution in [-0.2, 0) is 11.3 Å². The normalized spacial score (nSPS) is 15.4. The first-order chi connectivity index (χ1) is 13.1. The quantitative estimate of drug-likeness (QED) is 0.612. The van der Waals surface area contributed by atoms with Crippen molar-refractivity contribution in [3.05, 3.63) is 64.5 Å². The van der Waals surface area contributed by atoms with Gasteiger partial charge in [0.2, 0.25) is 0 Å². The van der Waals surface area contributed by atoms with Gasteiger partial charge in [-0.3, -0.25) is 4.79 Å². The molecule has 1 fully saturated rings. The first-order valence-electron chi connectivity index (χ1n) is 9.72. The lowest BCUT2D eigenvalue weighted by molar-refractivity contribution is -0.117. The minimum absolute atomic E-state index is 0.148. The number of rotatable bonds is 5. The van der Waals surface area contributed by atoms with Crippen molar-refractivity contribution in [1.29, 1.82) is 5.26 Å². The van der Waals surface area contributed by atoms with Crippen molar-refractivity contribution in [2.24, 2.45) is 0 Å². The molecule has 0 bridgehead atoms. The van der Waals surface area contributed by atoms with Crippen LogP contribution in [0.15, 0.2) is 42.0 Å². The van der Waals surface area contributed by atoms with E-state index in [4.69, 9.17) is 0 Å². The Morgan fingerprint density at radius 1 is 1.22 bits per heavy atom. The lowest BCUT2D eigenvalue weighted by atomic mass is 9.95. The summed E-state index contributed by atoms with van der Waals surface area (Å²) < 4.78 is 2.39. The fourth-order valence-electron chi connectivity index (χ4n) is 4.03. The van der Waals surface area contributed by atoms with Crippen LogP contribution >= 0.6 is 0 Å². The summed E-state index contributed by atoms with van der Waals surface area (Å²) in [5.41, 5.74) is 4.47. The molecule has 0 radical (unpaired) electrons. The van der Waals surface area contributed by atoms with E-state index in [9.17, 15) is 10.1 Å². The molecule has 1 heterocycles. The molecule has 0 aliphatic heterocycles. The number of carbonyl (C=O) groups excluding carboxylic acids is 1. The molecule has 1 aromatic heterocycles. The van der Waals surface area contributed by atoms with Crippen LogP contribution in [0, 0.1) is 25.2 Å². The number of carbonyl (C=O) groups is 1. The smallest absolute Gasteiger partial charge is 0.262 e. The minimum atomic E-state index is -0.330. The highest BCUT2D eigenvalue weighted by Gasteiger charge is 2.20. The van der Waals surface area contributed by atoms with Gasteiger partial charge >= 0.3 is 0 Å². The summed E-state index contributed by atoms with van der Waals surface area (Å²) in [7, 11) is 0. The fraction of sp³-hybridized carbons (Fsp3) is 0.391. The van der Waals surface area contributed by atoms with Gasteiger partial charge in [-0.15, -0.1) is 0 Å². The Kier molecular flexibility index (Phi) is 6.13. The van der Waals surface area contributed by atoms with E-state index >= 15 is 0 Å². The Morgan fingerprint density at radius 2 is 1.93 bits per heavy atom. The molecule has 0 spiro atoms. The van der Waals surface area contributed by atoms with Crippen LogP contribution in [0.5, 0.6) is 0 Å². The van der Waals surface area contributed by atoms with Crippen molar-refractivity contribution >= 4 is 12.0 Å². The van der Waals surface area contributed by atoms with Gasteiger partial charge in [-0.1, -0.05) is 49.6 Å². The van der Waals surface area contributed by atoms with Crippen LogP contribution in [0.1, 0.15) is 60.7 Å². The predicted molar refractivity (Wildman–Crippen MR) is 108 cm³/mol. The molecule has 4 nitrogen and oxygen atoms in total. The van der Waals surface area contributed by atoms with Crippen LogP contribution in [0.4, 0.5) is 0 Å². The Labute approximate surface area is 161 Å². The summed E-state index contributed by atoms with van der Waals surface area (Å²) in [6, 6.07) is 14.4. The second-order valence-corrected chi connectivity index (χ2v) is 7.33. The van der Waals surface area contributed by atoms with Crippen LogP contribution in [0.2, 0.25) is 0 Å². The number of hydrogen-bond acceptors (Lipinski definition) is 2. The molecule has 1 saturated carbocycles. The Morgan fingerprint density at radius 3 is 2.59 bits per heavy atom. The third kappa shape index (κ3) is 4.49. The van der Waals surface area contributed by atoms with Crippen molar-refractivity contribution in [3.63, 3.8) is 0 Å². The van der Waals surface area contributed by atoms with Gasteiger partial charge in [0.05, 0.1) is 0 Å². The maximum absolute atomic E-state index is 12.4.